The van der Waals surface area contributed by atoms with E-state index in [1.165, 1.54) is 22.6 Å². The lowest BCUT2D eigenvalue weighted by Gasteiger charge is -2.22. The molecule has 0 aliphatic rings. The summed E-state index contributed by atoms with van der Waals surface area (Å²) < 4.78 is 69.7. The molecule has 0 rings (SSSR count). The topological polar surface area (TPSA) is 34.1 Å². The van der Waals surface area contributed by atoms with Crippen LogP contribution in [-0.4, -0.2) is 24.0 Å². The fraction of sp³-hybridized carbons (Fsp3) is 1.00. The Hall–Kier alpha value is 0.690. The fourth-order valence-electron chi connectivity index (χ4n) is 0.443. The Labute approximate surface area is 90.2 Å². The predicted octanol–water partition coefficient (Wildman–Crippen LogP) is 2.61. The number of hydrogen-bond donors (Lipinski definition) is 0. The van der Waals surface area contributed by atoms with Gasteiger partial charge in [0.05, 0.1) is 0 Å². The van der Waals surface area contributed by atoms with Gasteiger partial charge in [-0.15, -0.1) is 0 Å². The summed E-state index contributed by atoms with van der Waals surface area (Å²) in [6, 6.07) is 0. The van der Waals surface area contributed by atoms with Gasteiger partial charge >= 0.3 is 20.2 Å². The zero-order valence-corrected chi connectivity index (χ0v) is 9.64. The maximum atomic E-state index is 12.5. The summed E-state index contributed by atoms with van der Waals surface area (Å²) in [4.78, 5) is 0. The average molecular weight is 354 g/mol. The summed E-state index contributed by atoms with van der Waals surface area (Å²) in [7, 11) is -1.41. The van der Waals surface area contributed by atoms with Gasteiger partial charge in [-0.3, -0.25) is 0 Å². The monoisotopic (exact) mass is 354 g/mol. The highest BCUT2D eigenvalue weighted by molar-refractivity contribution is 14.1. The molecule has 0 heterocycles. The van der Waals surface area contributed by atoms with Crippen LogP contribution in [0.15, 0.2) is 0 Å². The van der Waals surface area contributed by atoms with Crippen molar-refractivity contribution in [1.82, 2.24) is 0 Å². The quantitative estimate of drug-likeness (QED) is 0.337. The summed E-state index contributed by atoms with van der Waals surface area (Å²) in [6.45, 7) is 0. The molecule has 0 atom stereocenters. The fourth-order valence-corrected chi connectivity index (χ4v) is 1.92. The Morgan fingerprint density at radius 2 is 1.62 bits per heavy atom. The normalized spacial score (nSPS) is 14.6. The molecule has 0 aromatic carbocycles. The van der Waals surface area contributed by atoms with Crippen LogP contribution in [0.25, 0.3) is 0 Å². The molecular formula is C4H4ClF4IO2S. The first-order chi connectivity index (χ1) is 5.56. The van der Waals surface area contributed by atoms with Crippen LogP contribution in [0.1, 0.15) is 6.42 Å². The molecule has 80 valence electrons. The Bertz CT molecular complexity index is 278. The molecule has 0 amide bonds. The van der Waals surface area contributed by atoms with E-state index in [0.29, 0.717) is 0 Å². The van der Waals surface area contributed by atoms with E-state index >= 15 is 0 Å². The van der Waals surface area contributed by atoms with E-state index in [1.807, 2.05) is 0 Å². The van der Waals surface area contributed by atoms with Crippen molar-refractivity contribution in [3.8, 4) is 0 Å². The van der Waals surface area contributed by atoms with Crippen LogP contribution in [0.3, 0.4) is 0 Å². The first kappa shape index (κ1) is 13.7. The van der Waals surface area contributed by atoms with E-state index in [0.717, 1.165) is 0 Å². The minimum Gasteiger partial charge on any atom is -0.206 e. The minimum atomic E-state index is -5.60. The Kier molecular flexibility index (Phi) is 4.27. The zero-order chi connectivity index (χ0) is 10.9. The second-order valence-electron chi connectivity index (χ2n) is 2.10. The van der Waals surface area contributed by atoms with Gasteiger partial charge in [0.1, 0.15) is 0 Å². The summed E-state index contributed by atoms with van der Waals surface area (Å²) in [5, 5.41) is -5.22. The molecule has 0 aromatic heterocycles. The molecule has 0 radical (unpaired) electrons. The van der Waals surface area contributed by atoms with Gasteiger partial charge < -0.3 is 0 Å². The van der Waals surface area contributed by atoms with Gasteiger partial charge in [0.2, 0.25) is 0 Å². The Morgan fingerprint density at radius 1 is 1.23 bits per heavy atom. The highest BCUT2D eigenvalue weighted by atomic mass is 127. The molecule has 0 bridgehead atoms. The second-order valence-corrected chi connectivity index (χ2v) is 5.78. The standard InChI is InChI=1S/C4H4ClF4IO2S/c5-13(11,12)4(8,9)3(6,7)1-2-10/h1-2H2. The first-order valence-electron chi connectivity index (χ1n) is 2.82. The van der Waals surface area contributed by atoms with Gasteiger partial charge in [-0.25, -0.2) is 8.42 Å². The van der Waals surface area contributed by atoms with Gasteiger partial charge in [0, 0.05) is 21.5 Å². The van der Waals surface area contributed by atoms with Gasteiger partial charge in [-0.2, -0.15) is 17.6 Å². The molecule has 0 N–H and O–H groups in total. The van der Waals surface area contributed by atoms with E-state index in [9.17, 15) is 26.0 Å². The van der Waals surface area contributed by atoms with Crippen LogP contribution in [0.5, 0.6) is 0 Å². The molecule has 0 saturated carbocycles. The van der Waals surface area contributed by atoms with Crippen molar-refractivity contribution in [2.24, 2.45) is 0 Å². The van der Waals surface area contributed by atoms with Gasteiger partial charge in [-0.1, -0.05) is 22.6 Å². The lowest BCUT2D eigenvalue weighted by Crippen LogP contribution is -2.45. The lowest BCUT2D eigenvalue weighted by atomic mass is 10.3. The average Bonchev–Trinajstić information content (AvgIpc) is 1.84. The van der Waals surface area contributed by atoms with Crippen molar-refractivity contribution in [3.63, 3.8) is 0 Å². The van der Waals surface area contributed by atoms with E-state index in [-0.39, 0.29) is 4.43 Å². The molecule has 0 spiro atoms. The summed E-state index contributed by atoms with van der Waals surface area (Å²) in [6.07, 6.45) is -1.24. The number of alkyl halides is 5. The van der Waals surface area contributed by atoms with Gasteiger partial charge in [0.25, 0.3) is 0 Å². The second kappa shape index (κ2) is 4.05. The molecule has 0 aliphatic carbocycles. The van der Waals surface area contributed by atoms with E-state index < -0.39 is 26.6 Å². The Morgan fingerprint density at radius 3 is 1.85 bits per heavy atom. The molecule has 0 aromatic rings. The van der Waals surface area contributed by atoms with Crippen LogP contribution in [0.4, 0.5) is 17.6 Å². The van der Waals surface area contributed by atoms with Crippen molar-refractivity contribution >= 4 is 42.3 Å². The third-order valence-electron chi connectivity index (χ3n) is 1.14. The van der Waals surface area contributed by atoms with Crippen molar-refractivity contribution in [2.45, 2.75) is 17.6 Å². The predicted molar refractivity (Wildman–Crippen MR) is 48.2 cm³/mol. The molecular weight excluding hydrogens is 350 g/mol. The smallest absolute Gasteiger partial charge is 0.206 e. The Balaban J connectivity index is 5.04. The third-order valence-corrected chi connectivity index (χ3v) is 3.17. The number of hydrogen-bond acceptors (Lipinski definition) is 2. The van der Waals surface area contributed by atoms with Gasteiger partial charge in [0.15, 0.2) is 0 Å². The van der Waals surface area contributed by atoms with Crippen LogP contribution in [-0.2, 0) is 9.05 Å². The van der Waals surface area contributed by atoms with Gasteiger partial charge in [-0.05, 0) is 0 Å². The van der Waals surface area contributed by atoms with E-state index in [2.05, 4.69) is 10.7 Å². The van der Waals surface area contributed by atoms with Crippen molar-refractivity contribution < 1.29 is 26.0 Å². The van der Waals surface area contributed by atoms with E-state index in [4.69, 9.17) is 0 Å². The molecule has 0 saturated heterocycles. The molecule has 13 heavy (non-hydrogen) atoms. The SMILES string of the molecule is O=S(=O)(Cl)C(F)(F)C(F)(F)CCI. The summed E-state index contributed by atoms with van der Waals surface area (Å²) in [5.74, 6) is -4.63. The highest BCUT2D eigenvalue weighted by Gasteiger charge is 2.64. The van der Waals surface area contributed by atoms with Crippen molar-refractivity contribution in [2.75, 3.05) is 4.43 Å². The highest BCUT2D eigenvalue weighted by Crippen LogP contribution is 2.43. The zero-order valence-electron chi connectivity index (χ0n) is 5.91. The lowest BCUT2D eigenvalue weighted by molar-refractivity contribution is -0.155. The number of rotatable bonds is 4. The molecule has 2 nitrogen and oxygen atoms in total. The minimum absolute atomic E-state index is 0.299. The molecule has 9 heteroatoms. The third kappa shape index (κ3) is 2.82. The van der Waals surface area contributed by atoms with Crippen LogP contribution < -0.4 is 0 Å². The van der Waals surface area contributed by atoms with Crippen LogP contribution in [0, 0.1) is 0 Å². The van der Waals surface area contributed by atoms with Crippen molar-refractivity contribution in [1.29, 1.82) is 0 Å². The van der Waals surface area contributed by atoms with Crippen LogP contribution in [0.2, 0.25) is 0 Å². The summed E-state index contributed by atoms with van der Waals surface area (Å²) in [5.41, 5.74) is 0. The first-order valence-corrected chi connectivity index (χ1v) is 6.65. The molecule has 0 fully saturated rings. The maximum absolute atomic E-state index is 12.5. The largest absolute Gasteiger partial charge is 0.421 e. The molecule has 0 unspecified atom stereocenters. The maximum Gasteiger partial charge on any atom is 0.421 e. The van der Waals surface area contributed by atoms with Crippen molar-refractivity contribution in [3.05, 3.63) is 0 Å². The molecule has 0 aliphatic heterocycles. The van der Waals surface area contributed by atoms with E-state index in [1.54, 1.807) is 0 Å². The number of halogens is 6. The summed E-state index contributed by atoms with van der Waals surface area (Å²) >= 11 is 1.43. The van der Waals surface area contributed by atoms with Crippen LogP contribution >= 0.6 is 33.3 Å².